The van der Waals surface area contributed by atoms with Crippen molar-refractivity contribution in [1.82, 2.24) is 4.90 Å². The monoisotopic (exact) mass is 387 g/mol. The number of rotatable bonds is 4. The second-order valence-corrected chi connectivity index (χ2v) is 8.54. The molecule has 1 amide bonds. The van der Waals surface area contributed by atoms with Crippen LogP contribution in [0.25, 0.3) is 0 Å². The van der Waals surface area contributed by atoms with Crippen LogP contribution in [0.15, 0.2) is 12.1 Å². The molecule has 4 aliphatic rings. The van der Waals surface area contributed by atoms with Gasteiger partial charge in [-0.2, -0.15) is 0 Å². The number of morpholine rings is 1. The fourth-order valence-electron chi connectivity index (χ4n) is 5.36. The second-order valence-electron chi connectivity index (χ2n) is 8.54. The van der Waals surface area contributed by atoms with E-state index in [2.05, 4.69) is 4.90 Å². The van der Waals surface area contributed by atoms with E-state index in [-0.39, 0.29) is 41.3 Å². The minimum absolute atomic E-state index is 0.0146. The zero-order valence-electron chi connectivity index (χ0n) is 15.7. The van der Waals surface area contributed by atoms with Crippen LogP contribution < -0.4 is 4.90 Å². The molecule has 2 saturated heterocycles. The molecule has 3 heterocycles. The van der Waals surface area contributed by atoms with Crippen molar-refractivity contribution in [3.8, 4) is 0 Å². The normalized spacial score (nSPS) is 31.5. The SMILES string of the molecule is O=C1c2cc(N3C[C@@H]4C[C@H]3CO4)c([N+](=O)[O-])cc2CN1C1CCC(CO)CC1. The van der Waals surface area contributed by atoms with Gasteiger partial charge in [-0.25, -0.2) is 0 Å². The minimum atomic E-state index is -0.331. The third-order valence-corrected chi connectivity index (χ3v) is 6.95. The van der Waals surface area contributed by atoms with Crippen LogP contribution in [0, 0.1) is 16.0 Å². The van der Waals surface area contributed by atoms with Crippen molar-refractivity contribution in [2.45, 2.75) is 56.8 Å². The van der Waals surface area contributed by atoms with E-state index in [1.165, 1.54) is 0 Å². The van der Waals surface area contributed by atoms with E-state index in [0.29, 0.717) is 36.9 Å². The van der Waals surface area contributed by atoms with Crippen LogP contribution in [0.1, 0.15) is 48.0 Å². The number of aliphatic hydroxyl groups excluding tert-OH is 1. The van der Waals surface area contributed by atoms with E-state index in [4.69, 9.17) is 4.74 Å². The molecule has 1 N–H and O–H groups in total. The number of aliphatic hydroxyl groups is 1. The lowest BCUT2D eigenvalue weighted by Crippen LogP contribution is -2.38. The number of nitro benzene ring substituents is 1. The molecule has 8 nitrogen and oxygen atoms in total. The molecule has 150 valence electrons. The smallest absolute Gasteiger partial charge is 0.292 e. The van der Waals surface area contributed by atoms with Crippen LogP contribution in [0.2, 0.25) is 0 Å². The van der Waals surface area contributed by atoms with E-state index < -0.39 is 0 Å². The summed E-state index contributed by atoms with van der Waals surface area (Å²) < 4.78 is 5.63. The van der Waals surface area contributed by atoms with E-state index >= 15 is 0 Å². The summed E-state index contributed by atoms with van der Waals surface area (Å²) in [6.07, 6.45) is 4.63. The van der Waals surface area contributed by atoms with E-state index in [9.17, 15) is 20.0 Å². The van der Waals surface area contributed by atoms with Crippen LogP contribution in [-0.4, -0.2) is 58.8 Å². The third-order valence-electron chi connectivity index (χ3n) is 6.95. The molecule has 8 heteroatoms. The number of nitrogens with zero attached hydrogens (tertiary/aromatic N) is 3. The van der Waals surface area contributed by atoms with Gasteiger partial charge < -0.3 is 19.6 Å². The maximum atomic E-state index is 13.1. The predicted octanol–water partition coefficient (Wildman–Crippen LogP) is 2.08. The van der Waals surface area contributed by atoms with Crippen molar-refractivity contribution in [3.63, 3.8) is 0 Å². The maximum absolute atomic E-state index is 13.1. The van der Waals surface area contributed by atoms with Crippen LogP contribution in [-0.2, 0) is 11.3 Å². The summed E-state index contributed by atoms with van der Waals surface area (Å²) in [7, 11) is 0. The molecular weight excluding hydrogens is 362 g/mol. The van der Waals surface area contributed by atoms with Crippen LogP contribution in [0.5, 0.6) is 0 Å². The van der Waals surface area contributed by atoms with Crippen molar-refractivity contribution < 1.29 is 19.6 Å². The molecule has 28 heavy (non-hydrogen) atoms. The third kappa shape index (κ3) is 2.78. The van der Waals surface area contributed by atoms with Gasteiger partial charge in [-0.05, 0) is 49.7 Å². The zero-order valence-corrected chi connectivity index (χ0v) is 15.7. The summed E-state index contributed by atoms with van der Waals surface area (Å²) in [6.45, 7) is 1.89. The molecule has 0 spiro atoms. The van der Waals surface area contributed by atoms with Crippen molar-refractivity contribution in [1.29, 1.82) is 0 Å². The Morgan fingerprint density at radius 2 is 1.96 bits per heavy atom. The molecule has 2 atom stereocenters. The van der Waals surface area contributed by atoms with Gasteiger partial charge in [0.1, 0.15) is 5.69 Å². The number of amides is 1. The van der Waals surface area contributed by atoms with Gasteiger partial charge in [0.25, 0.3) is 11.6 Å². The number of carbonyl (C=O) groups excluding carboxylic acids is 1. The average Bonchev–Trinajstić information content (AvgIpc) is 3.42. The first-order valence-corrected chi connectivity index (χ1v) is 10.2. The van der Waals surface area contributed by atoms with E-state index in [0.717, 1.165) is 37.7 Å². The molecule has 1 aromatic carbocycles. The Morgan fingerprint density at radius 1 is 1.18 bits per heavy atom. The lowest BCUT2D eigenvalue weighted by atomic mass is 9.86. The molecule has 3 aliphatic heterocycles. The molecule has 3 fully saturated rings. The zero-order chi connectivity index (χ0) is 19.4. The van der Waals surface area contributed by atoms with E-state index in [1.807, 2.05) is 4.90 Å². The Kier molecular flexibility index (Phi) is 4.28. The highest BCUT2D eigenvalue weighted by molar-refractivity contribution is 6.00. The standard InChI is InChI=1S/C20H25N3O5/c24-10-12-1-3-14(4-2-12)22-8-13-5-19(23(26)27)18(7-17(13)20(22)25)21-9-16-6-15(21)11-28-16/h5,7,12,14-16,24H,1-4,6,8-11H2/t12?,14?,15-,16-/m0/s1. The van der Waals surface area contributed by atoms with Crippen molar-refractivity contribution in [2.75, 3.05) is 24.7 Å². The fourth-order valence-corrected chi connectivity index (χ4v) is 5.36. The Bertz CT molecular complexity index is 820. The van der Waals surface area contributed by atoms with Gasteiger partial charge in [-0.15, -0.1) is 0 Å². The van der Waals surface area contributed by atoms with Crippen LogP contribution in [0.3, 0.4) is 0 Å². The topological polar surface area (TPSA) is 96.2 Å². The molecule has 0 unspecified atom stereocenters. The Labute approximate surface area is 163 Å². The maximum Gasteiger partial charge on any atom is 0.292 e. The minimum Gasteiger partial charge on any atom is -0.396 e. The summed E-state index contributed by atoms with van der Waals surface area (Å²) in [4.78, 5) is 28.5. The van der Waals surface area contributed by atoms with Crippen molar-refractivity contribution in [3.05, 3.63) is 33.4 Å². The van der Waals surface area contributed by atoms with Crippen LogP contribution >= 0.6 is 0 Å². The molecule has 1 aromatic rings. The molecule has 1 saturated carbocycles. The summed E-state index contributed by atoms with van der Waals surface area (Å²) in [5.41, 5.74) is 2.00. The molecule has 2 bridgehead atoms. The van der Waals surface area contributed by atoms with Gasteiger partial charge in [-0.3, -0.25) is 14.9 Å². The first-order chi connectivity index (χ1) is 13.5. The van der Waals surface area contributed by atoms with Crippen molar-refractivity contribution in [2.24, 2.45) is 5.92 Å². The van der Waals surface area contributed by atoms with Gasteiger partial charge in [-0.1, -0.05) is 0 Å². The van der Waals surface area contributed by atoms with Crippen LogP contribution in [0.4, 0.5) is 11.4 Å². The summed E-state index contributed by atoms with van der Waals surface area (Å²) in [6, 6.07) is 3.66. The van der Waals surface area contributed by atoms with Gasteiger partial charge in [0.15, 0.2) is 0 Å². The number of anilines is 1. The molecular formula is C20H25N3O5. The Balaban J connectivity index is 1.43. The van der Waals surface area contributed by atoms with Gasteiger partial charge in [0.05, 0.1) is 23.7 Å². The highest BCUT2D eigenvalue weighted by atomic mass is 16.6. The van der Waals surface area contributed by atoms with Crippen molar-refractivity contribution >= 4 is 17.3 Å². The van der Waals surface area contributed by atoms with Gasteiger partial charge in [0, 0.05) is 37.4 Å². The average molecular weight is 387 g/mol. The van der Waals surface area contributed by atoms with E-state index in [1.54, 1.807) is 12.1 Å². The highest BCUT2D eigenvalue weighted by Crippen LogP contribution is 2.42. The quantitative estimate of drug-likeness (QED) is 0.628. The number of carbonyl (C=O) groups is 1. The molecule has 5 rings (SSSR count). The number of fused-ring (bicyclic) bond motifs is 3. The molecule has 1 aliphatic carbocycles. The first-order valence-electron chi connectivity index (χ1n) is 10.2. The fraction of sp³-hybridized carbons (Fsp3) is 0.650. The Hall–Kier alpha value is -2.19. The number of benzene rings is 1. The lowest BCUT2D eigenvalue weighted by molar-refractivity contribution is -0.384. The molecule has 0 aromatic heterocycles. The number of hydrogen-bond donors (Lipinski definition) is 1. The summed E-state index contributed by atoms with van der Waals surface area (Å²) in [5.74, 6) is 0.316. The number of hydrogen-bond acceptors (Lipinski definition) is 6. The second kappa shape index (κ2) is 6.70. The largest absolute Gasteiger partial charge is 0.396 e. The lowest BCUT2D eigenvalue weighted by Gasteiger charge is -2.34. The first kappa shape index (κ1) is 17.9. The molecule has 0 radical (unpaired) electrons. The number of ether oxygens (including phenoxy) is 1. The van der Waals surface area contributed by atoms with Gasteiger partial charge in [0.2, 0.25) is 0 Å². The summed E-state index contributed by atoms with van der Waals surface area (Å²) >= 11 is 0. The van der Waals surface area contributed by atoms with Gasteiger partial charge >= 0.3 is 0 Å². The number of nitro groups is 1. The summed E-state index contributed by atoms with van der Waals surface area (Å²) in [5, 5.41) is 21.1. The Morgan fingerprint density at radius 3 is 2.57 bits per heavy atom. The predicted molar refractivity (Wildman–Crippen MR) is 101 cm³/mol. The highest BCUT2D eigenvalue weighted by Gasteiger charge is 2.43.